The van der Waals surface area contributed by atoms with E-state index in [1.165, 1.54) is 23.0 Å². The average molecular weight is 312 g/mol. The van der Waals surface area contributed by atoms with Gasteiger partial charge in [-0.2, -0.15) is 5.10 Å². The molecule has 0 aliphatic carbocycles. The highest BCUT2D eigenvalue weighted by Gasteiger charge is 2.17. The van der Waals surface area contributed by atoms with Crippen molar-refractivity contribution in [3.05, 3.63) is 42.0 Å². The van der Waals surface area contributed by atoms with Crippen LogP contribution in [0.4, 0.5) is 10.1 Å². The van der Waals surface area contributed by atoms with Gasteiger partial charge in [0.2, 0.25) is 0 Å². The highest BCUT2D eigenvalue weighted by molar-refractivity contribution is 7.92. The van der Waals surface area contributed by atoms with Gasteiger partial charge in [-0.25, -0.2) is 12.8 Å². The number of anilines is 1. The van der Waals surface area contributed by atoms with Crippen LogP contribution in [0.2, 0.25) is 0 Å². The molecule has 0 fully saturated rings. The number of aryl methyl sites for hydroxylation is 1. The molecule has 114 valence electrons. The summed E-state index contributed by atoms with van der Waals surface area (Å²) in [5.41, 5.74) is 0.668. The summed E-state index contributed by atoms with van der Waals surface area (Å²) in [7, 11) is -2.08. The van der Waals surface area contributed by atoms with Crippen LogP contribution in [-0.2, 0) is 23.6 Å². The van der Waals surface area contributed by atoms with Crippen molar-refractivity contribution < 1.29 is 12.8 Å². The number of sulfonamides is 1. The summed E-state index contributed by atoms with van der Waals surface area (Å²) >= 11 is 0. The molecular weight excluding hydrogens is 295 g/mol. The molecule has 6 nitrogen and oxygen atoms in total. The summed E-state index contributed by atoms with van der Waals surface area (Å²) in [5, 5.41) is 6.85. The van der Waals surface area contributed by atoms with E-state index in [1.54, 1.807) is 13.2 Å². The lowest BCUT2D eigenvalue weighted by Gasteiger charge is -2.09. The second kappa shape index (κ2) is 6.23. The maximum atomic E-state index is 13.6. The van der Waals surface area contributed by atoms with Gasteiger partial charge in [-0.3, -0.25) is 9.40 Å². The fourth-order valence-corrected chi connectivity index (χ4v) is 2.88. The molecule has 0 saturated heterocycles. The van der Waals surface area contributed by atoms with Crippen LogP contribution < -0.4 is 10.0 Å². The summed E-state index contributed by atoms with van der Waals surface area (Å²) in [6, 6.07) is 3.73. The first-order valence-corrected chi connectivity index (χ1v) is 7.91. The van der Waals surface area contributed by atoms with E-state index in [0.717, 1.165) is 6.07 Å². The van der Waals surface area contributed by atoms with Gasteiger partial charge in [-0.15, -0.1) is 0 Å². The summed E-state index contributed by atoms with van der Waals surface area (Å²) < 4.78 is 42.0. The molecule has 0 bridgehead atoms. The van der Waals surface area contributed by atoms with Crippen molar-refractivity contribution in [3.8, 4) is 0 Å². The van der Waals surface area contributed by atoms with Gasteiger partial charge in [0, 0.05) is 25.4 Å². The van der Waals surface area contributed by atoms with Crippen molar-refractivity contribution in [2.45, 2.75) is 18.4 Å². The van der Waals surface area contributed by atoms with Gasteiger partial charge in [0.05, 0.1) is 16.8 Å². The number of rotatable bonds is 6. The van der Waals surface area contributed by atoms with Crippen LogP contribution in [0.15, 0.2) is 35.5 Å². The fourth-order valence-electron chi connectivity index (χ4n) is 1.80. The number of halogens is 1. The van der Waals surface area contributed by atoms with E-state index in [2.05, 4.69) is 15.1 Å². The zero-order chi connectivity index (χ0) is 15.5. The Balaban J connectivity index is 2.27. The summed E-state index contributed by atoms with van der Waals surface area (Å²) in [4.78, 5) is 0.0145. The molecule has 0 aliphatic heterocycles. The minimum Gasteiger partial charge on any atom is -0.313 e. The topological polar surface area (TPSA) is 76.0 Å². The van der Waals surface area contributed by atoms with Gasteiger partial charge >= 0.3 is 0 Å². The molecule has 0 atom stereocenters. The first-order chi connectivity index (χ1) is 9.92. The molecule has 2 rings (SSSR count). The zero-order valence-electron chi connectivity index (χ0n) is 11.8. The molecule has 2 N–H and O–H groups in total. The monoisotopic (exact) mass is 312 g/mol. The molecule has 2 aromatic rings. The van der Waals surface area contributed by atoms with Gasteiger partial charge in [0.15, 0.2) is 0 Å². The van der Waals surface area contributed by atoms with Crippen molar-refractivity contribution in [1.82, 2.24) is 15.1 Å². The Morgan fingerprint density at radius 2 is 2.14 bits per heavy atom. The van der Waals surface area contributed by atoms with Crippen LogP contribution in [-0.4, -0.2) is 24.7 Å². The third-order valence-corrected chi connectivity index (χ3v) is 4.23. The molecule has 0 saturated carbocycles. The number of benzene rings is 1. The maximum absolute atomic E-state index is 13.6. The molecule has 1 heterocycles. The van der Waals surface area contributed by atoms with Gasteiger partial charge in [0.1, 0.15) is 5.82 Å². The van der Waals surface area contributed by atoms with Crippen LogP contribution in [0.3, 0.4) is 0 Å². The van der Waals surface area contributed by atoms with E-state index in [-0.39, 0.29) is 11.4 Å². The van der Waals surface area contributed by atoms with Crippen molar-refractivity contribution >= 4 is 15.7 Å². The summed E-state index contributed by atoms with van der Waals surface area (Å²) in [6.45, 7) is 2.84. The van der Waals surface area contributed by atoms with E-state index in [0.29, 0.717) is 17.8 Å². The molecule has 1 aromatic carbocycles. The quantitative estimate of drug-likeness (QED) is 0.847. The third kappa shape index (κ3) is 3.79. The number of nitrogens with one attached hydrogen (secondary N) is 2. The number of aromatic nitrogens is 2. The number of nitrogens with zero attached hydrogens (tertiary/aromatic N) is 2. The lowest BCUT2D eigenvalue weighted by atomic mass is 10.2. The predicted molar refractivity (Wildman–Crippen MR) is 77.8 cm³/mol. The largest absolute Gasteiger partial charge is 0.313 e. The molecule has 0 spiro atoms. The minimum atomic E-state index is -3.76. The van der Waals surface area contributed by atoms with E-state index in [9.17, 15) is 12.8 Å². The van der Waals surface area contributed by atoms with Crippen LogP contribution in [0.1, 0.15) is 12.5 Å². The molecule has 8 heteroatoms. The zero-order valence-corrected chi connectivity index (χ0v) is 12.6. The molecular formula is C13H17FN4O2S. The Morgan fingerprint density at radius 1 is 1.38 bits per heavy atom. The molecule has 21 heavy (non-hydrogen) atoms. The first kappa shape index (κ1) is 15.5. The number of hydrogen-bond donors (Lipinski definition) is 2. The fraction of sp³-hybridized carbons (Fsp3) is 0.308. The summed E-state index contributed by atoms with van der Waals surface area (Å²) in [5.74, 6) is -0.434. The molecule has 0 aliphatic rings. The van der Waals surface area contributed by atoms with Crippen molar-refractivity contribution in [3.63, 3.8) is 0 Å². The van der Waals surface area contributed by atoms with Crippen molar-refractivity contribution in [2.75, 3.05) is 11.3 Å². The second-order valence-electron chi connectivity index (χ2n) is 4.54. The van der Waals surface area contributed by atoms with E-state index in [1.807, 2.05) is 6.92 Å². The van der Waals surface area contributed by atoms with Crippen LogP contribution >= 0.6 is 0 Å². The van der Waals surface area contributed by atoms with Gasteiger partial charge in [0.25, 0.3) is 10.0 Å². The van der Waals surface area contributed by atoms with Gasteiger partial charge < -0.3 is 5.32 Å². The second-order valence-corrected chi connectivity index (χ2v) is 6.22. The first-order valence-electron chi connectivity index (χ1n) is 6.43. The highest BCUT2D eigenvalue weighted by atomic mass is 32.2. The smallest absolute Gasteiger partial charge is 0.262 e. The normalized spacial score (nSPS) is 11.6. The Hall–Kier alpha value is -1.93. The Morgan fingerprint density at radius 3 is 2.76 bits per heavy atom. The van der Waals surface area contributed by atoms with Crippen LogP contribution in [0, 0.1) is 5.82 Å². The number of hydrogen-bond acceptors (Lipinski definition) is 4. The minimum absolute atomic E-state index is 0.0145. The Bertz CT molecular complexity index is 728. The lowest BCUT2D eigenvalue weighted by molar-refractivity contribution is 0.587. The lowest BCUT2D eigenvalue weighted by Crippen LogP contribution is -2.16. The Labute approximate surface area is 123 Å². The van der Waals surface area contributed by atoms with E-state index < -0.39 is 15.8 Å². The average Bonchev–Trinajstić information content (AvgIpc) is 2.82. The van der Waals surface area contributed by atoms with Gasteiger partial charge in [-0.1, -0.05) is 6.92 Å². The molecule has 0 radical (unpaired) electrons. The maximum Gasteiger partial charge on any atom is 0.262 e. The van der Waals surface area contributed by atoms with E-state index >= 15 is 0 Å². The van der Waals surface area contributed by atoms with E-state index in [4.69, 9.17) is 0 Å². The van der Waals surface area contributed by atoms with Crippen LogP contribution in [0.25, 0.3) is 0 Å². The van der Waals surface area contributed by atoms with Crippen molar-refractivity contribution in [2.24, 2.45) is 7.05 Å². The SMILES string of the molecule is CCNCc1cc(S(=O)(=O)Nc2cnn(C)c2)ccc1F. The highest BCUT2D eigenvalue weighted by Crippen LogP contribution is 2.18. The molecule has 0 amide bonds. The molecule has 1 aromatic heterocycles. The predicted octanol–water partition coefficient (Wildman–Crippen LogP) is 1.47. The van der Waals surface area contributed by atoms with Gasteiger partial charge in [-0.05, 0) is 24.7 Å². The third-order valence-electron chi connectivity index (χ3n) is 2.85. The molecule has 0 unspecified atom stereocenters. The van der Waals surface area contributed by atoms with Crippen molar-refractivity contribution in [1.29, 1.82) is 0 Å². The van der Waals surface area contributed by atoms with Crippen LogP contribution in [0.5, 0.6) is 0 Å². The summed E-state index contributed by atoms with van der Waals surface area (Å²) in [6.07, 6.45) is 2.95. The Kier molecular flexibility index (Phi) is 4.59. The standard InChI is InChI=1S/C13H17FN4O2S/c1-3-15-7-10-6-12(4-5-13(10)14)21(19,20)17-11-8-16-18(2)9-11/h4-6,8-9,15,17H,3,7H2,1-2H3.